The molecule has 0 aliphatic carbocycles. The number of hydrogen-bond acceptors (Lipinski definition) is 6. The number of rotatable bonds is 8. The molecule has 0 saturated carbocycles. The summed E-state index contributed by atoms with van der Waals surface area (Å²) in [6.07, 6.45) is 8.48. The number of carbonyl (C=O) groups is 1. The van der Waals surface area contributed by atoms with Crippen molar-refractivity contribution in [3.05, 3.63) is 55.3 Å². The number of allylic oxidation sites excluding steroid dienone is 1. The molecular weight excluding hydrogens is 410 g/mol. The van der Waals surface area contributed by atoms with Gasteiger partial charge in [-0.15, -0.1) is 16.8 Å². The quantitative estimate of drug-likeness (QED) is 0.402. The highest BCUT2D eigenvalue weighted by Gasteiger charge is 2.17. The summed E-state index contributed by atoms with van der Waals surface area (Å²) in [5.41, 5.74) is 2.02. The van der Waals surface area contributed by atoms with Crippen molar-refractivity contribution in [2.24, 2.45) is 0 Å². The second-order valence-corrected chi connectivity index (χ2v) is 8.41. The molecule has 31 heavy (non-hydrogen) atoms. The number of aromatic nitrogens is 3. The molecule has 1 fully saturated rings. The number of anilines is 2. The first-order chi connectivity index (χ1) is 15.2. The standard InChI is InChI=1S/C23H27N5O2S/c1-2-13-28-22(20-8-7-16-30-20)25-26-23(28)31-17-21(29)24-18-9-11-19(12-10-18)27-14-5-3-4-6-15-27/h2,7-12,16H,1,3-6,13-15,17H2,(H,24,29). The van der Waals surface area contributed by atoms with Gasteiger partial charge in [-0.25, -0.2) is 0 Å². The van der Waals surface area contributed by atoms with Gasteiger partial charge in [0.25, 0.3) is 0 Å². The number of hydrogen-bond donors (Lipinski definition) is 1. The molecular formula is C23H27N5O2S. The first kappa shape index (κ1) is 21.2. The third kappa shape index (κ3) is 5.38. The summed E-state index contributed by atoms with van der Waals surface area (Å²) in [7, 11) is 0. The van der Waals surface area contributed by atoms with E-state index in [0.29, 0.717) is 23.3 Å². The topological polar surface area (TPSA) is 76.2 Å². The first-order valence-electron chi connectivity index (χ1n) is 10.6. The van der Waals surface area contributed by atoms with Crippen LogP contribution in [0.3, 0.4) is 0 Å². The summed E-state index contributed by atoms with van der Waals surface area (Å²) in [5.74, 6) is 1.41. The average molecular weight is 438 g/mol. The fraction of sp³-hybridized carbons (Fsp3) is 0.348. The highest BCUT2D eigenvalue weighted by Crippen LogP contribution is 2.25. The number of benzene rings is 1. The van der Waals surface area contributed by atoms with E-state index in [4.69, 9.17) is 4.42 Å². The van der Waals surface area contributed by atoms with Crippen LogP contribution in [0.5, 0.6) is 0 Å². The van der Waals surface area contributed by atoms with Crippen molar-refractivity contribution in [1.29, 1.82) is 0 Å². The summed E-state index contributed by atoms with van der Waals surface area (Å²) in [5, 5.41) is 12.1. The zero-order chi connectivity index (χ0) is 21.5. The van der Waals surface area contributed by atoms with Crippen LogP contribution in [0.1, 0.15) is 25.7 Å². The molecule has 0 atom stereocenters. The van der Waals surface area contributed by atoms with E-state index in [0.717, 1.165) is 18.8 Å². The van der Waals surface area contributed by atoms with Crippen molar-refractivity contribution in [1.82, 2.24) is 14.8 Å². The minimum absolute atomic E-state index is 0.0831. The average Bonchev–Trinajstić information content (AvgIpc) is 3.36. The predicted octanol–water partition coefficient (Wildman–Crippen LogP) is 4.84. The molecule has 0 bridgehead atoms. The molecule has 162 valence electrons. The molecule has 8 heteroatoms. The zero-order valence-corrected chi connectivity index (χ0v) is 18.3. The molecule has 2 aromatic heterocycles. The lowest BCUT2D eigenvalue weighted by atomic mass is 10.2. The number of furan rings is 1. The summed E-state index contributed by atoms with van der Waals surface area (Å²) in [6, 6.07) is 11.8. The molecule has 1 N–H and O–H groups in total. The van der Waals surface area contributed by atoms with Crippen molar-refractivity contribution in [2.75, 3.05) is 29.1 Å². The van der Waals surface area contributed by atoms with E-state index in [1.165, 1.54) is 43.1 Å². The van der Waals surface area contributed by atoms with Gasteiger partial charge in [0.2, 0.25) is 11.7 Å². The van der Waals surface area contributed by atoms with Crippen molar-refractivity contribution in [2.45, 2.75) is 37.4 Å². The Morgan fingerprint density at radius 1 is 1.13 bits per heavy atom. The molecule has 0 spiro atoms. The van der Waals surface area contributed by atoms with Crippen LogP contribution < -0.4 is 10.2 Å². The lowest BCUT2D eigenvalue weighted by Gasteiger charge is -2.22. The van der Waals surface area contributed by atoms with Gasteiger partial charge in [0.05, 0.1) is 12.0 Å². The van der Waals surface area contributed by atoms with E-state index >= 15 is 0 Å². The monoisotopic (exact) mass is 437 g/mol. The van der Waals surface area contributed by atoms with Crippen LogP contribution in [0.4, 0.5) is 11.4 Å². The van der Waals surface area contributed by atoms with Gasteiger partial charge < -0.3 is 14.6 Å². The van der Waals surface area contributed by atoms with Crippen LogP contribution in [0, 0.1) is 0 Å². The van der Waals surface area contributed by atoms with Crippen LogP contribution in [-0.2, 0) is 11.3 Å². The maximum atomic E-state index is 12.5. The van der Waals surface area contributed by atoms with Crippen molar-refractivity contribution in [3.8, 4) is 11.6 Å². The molecule has 0 radical (unpaired) electrons. The molecule has 1 amide bonds. The lowest BCUT2D eigenvalue weighted by molar-refractivity contribution is -0.113. The highest BCUT2D eigenvalue weighted by atomic mass is 32.2. The van der Waals surface area contributed by atoms with Gasteiger partial charge >= 0.3 is 0 Å². The van der Waals surface area contributed by atoms with Gasteiger partial charge in [0.1, 0.15) is 0 Å². The molecule has 1 aromatic carbocycles. The molecule has 4 rings (SSSR count). The van der Waals surface area contributed by atoms with Crippen LogP contribution in [0.15, 0.2) is 64.9 Å². The van der Waals surface area contributed by atoms with Crippen LogP contribution in [0.25, 0.3) is 11.6 Å². The Labute approximate surface area is 186 Å². The SMILES string of the molecule is C=CCn1c(SCC(=O)Nc2ccc(N3CCCCCC3)cc2)nnc1-c1ccco1. The molecule has 7 nitrogen and oxygen atoms in total. The van der Waals surface area contributed by atoms with Gasteiger partial charge in [-0.2, -0.15) is 0 Å². The normalized spacial score (nSPS) is 14.3. The van der Waals surface area contributed by atoms with E-state index in [1.54, 1.807) is 18.4 Å². The number of nitrogens with zero attached hydrogens (tertiary/aromatic N) is 4. The van der Waals surface area contributed by atoms with Gasteiger partial charge in [-0.05, 0) is 49.2 Å². The highest BCUT2D eigenvalue weighted by molar-refractivity contribution is 7.99. The molecule has 0 unspecified atom stereocenters. The van der Waals surface area contributed by atoms with E-state index < -0.39 is 0 Å². The zero-order valence-electron chi connectivity index (χ0n) is 17.5. The Kier molecular flexibility index (Phi) is 7.09. The third-order valence-corrected chi connectivity index (χ3v) is 6.19. The van der Waals surface area contributed by atoms with Crippen LogP contribution >= 0.6 is 11.8 Å². The minimum atomic E-state index is -0.0831. The largest absolute Gasteiger partial charge is 0.461 e. The van der Waals surface area contributed by atoms with E-state index in [9.17, 15) is 4.79 Å². The second-order valence-electron chi connectivity index (χ2n) is 7.47. The first-order valence-corrected chi connectivity index (χ1v) is 11.6. The Morgan fingerprint density at radius 3 is 2.58 bits per heavy atom. The number of amides is 1. The summed E-state index contributed by atoms with van der Waals surface area (Å²) >= 11 is 1.34. The summed E-state index contributed by atoms with van der Waals surface area (Å²) in [4.78, 5) is 14.9. The number of thioether (sulfide) groups is 1. The van der Waals surface area contributed by atoms with Crippen molar-refractivity contribution >= 4 is 29.0 Å². The maximum absolute atomic E-state index is 12.5. The van der Waals surface area contributed by atoms with Gasteiger partial charge in [0, 0.05) is 31.0 Å². The Hall–Kier alpha value is -3.00. The number of nitrogens with one attached hydrogen (secondary N) is 1. The Balaban J connectivity index is 1.34. The molecule has 1 saturated heterocycles. The molecule has 1 aliphatic rings. The fourth-order valence-corrected chi connectivity index (χ4v) is 4.44. The molecule has 1 aliphatic heterocycles. The Bertz CT molecular complexity index is 990. The van der Waals surface area contributed by atoms with Crippen molar-refractivity contribution < 1.29 is 9.21 Å². The molecule has 3 heterocycles. The van der Waals surface area contributed by atoms with Crippen LogP contribution in [-0.4, -0.2) is 39.5 Å². The smallest absolute Gasteiger partial charge is 0.234 e. The van der Waals surface area contributed by atoms with Gasteiger partial charge in [-0.3, -0.25) is 9.36 Å². The number of carbonyl (C=O) groups excluding carboxylic acids is 1. The molecule has 3 aromatic rings. The maximum Gasteiger partial charge on any atom is 0.234 e. The van der Waals surface area contributed by atoms with Crippen molar-refractivity contribution in [3.63, 3.8) is 0 Å². The summed E-state index contributed by atoms with van der Waals surface area (Å²) < 4.78 is 7.32. The van der Waals surface area contributed by atoms with E-state index in [1.807, 2.05) is 22.8 Å². The minimum Gasteiger partial charge on any atom is -0.461 e. The Morgan fingerprint density at radius 2 is 1.90 bits per heavy atom. The lowest BCUT2D eigenvalue weighted by Crippen LogP contribution is -2.23. The van der Waals surface area contributed by atoms with Gasteiger partial charge in [0.15, 0.2) is 10.9 Å². The second kappa shape index (κ2) is 10.3. The fourth-order valence-electron chi connectivity index (χ4n) is 3.69. The van der Waals surface area contributed by atoms with E-state index in [2.05, 4.69) is 39.1 Å². The predicted molar refractivity (Wildman–Crippen MR) is 124 cm³/mol. The third-order valence-electron chi connectivity index (χ3n) is 5.22. The van der Waals surface area contributed by atoms with Crippen LogP contribution in [0.2, 0.25) is 0 Å². The van der Waals surface area contributed by atoms with E-state index in [-0.39, 0.29) is 11.7 Å². The van der Waals surface area contributed by atoms with Gasteiger partial charge in [-0.1, -0.05) is 30.7 Å². The summed E-state index contributed by atoms with van der Waals surface area (Å²) in [6.45, 7) is 6.54.